The minimum Gasteiger partial charge on any atom is -1.00 e. The van der Waals surface area contributed by atoms with Crippen molar-refractivity contribution in [2.24, 2.45) is 0 Å². The van der Waals surface area contributed by atoms with E-state index in [9.17, 15) is 0 Å². The molecule has 0 saturated heterocycles. The topological polar surface area (TPSA) is 28.2 Å². The van der Waals surface area contributed by atoms with Crippen molar-refractivity contribution in [3.63, 3.8) is 0 Å². The van der Waals surface area contributed by atoms with Crippen molar-refractivity contribution < 1.29 is 50.7 Å². The molecular weight excluding hydrogens is 566 g/mol. The van der Waals surface area contributed by atoms with Gasteiger partial charge in [0.25, 0.3) is 0 Å². The zero-order chi connectivity index (χ0) is 19.4. The molecular formula is C24H36Cl2HfN2. The Hall–Kier alpha value is -0.510. The molecule has 0 aliphatic heterocycles. The van der Waals surface area contributed by atoms with E-state index in [0.717, 1.165) is 24.5 Å². The van der Waals surface area contributed by atoms with Crippen molar-refractivity contribution in [1.82, 2.24) is 0 Å². The average Bonchev–Trinajstić information content (AvgIpc) is 2.63. The van der Waals surface area contributed by atoms with Crippen LogP contribution in [0.4, 0.5) is 11.4 Å². The maximum absolute atomic E-state index is 4.56. The van der Waals surface area contributed by atoms with Crippen LogP contribution >= 0.6 is 0 Å². The minimum atomic E-state index is 0. The van der Waals surface area contributed by atoms with Crippen molar-refractivity contribution in [1.29, 1.82) is 0 Å². The first-order valence-electron chi connectivity index (χ1n) is 9.98. The molecule has 0 N–H and O–H groups in total. The van der Waals surface area contributed by atoms with Crippen LogP contribution in [0.15, 0.2) is 36.4 Å². The first-order chi connectivity index (χ1) is 12.5. The molecule has 0 unspecified atom stereocenters. The molecule has 2 nitrogen and oxygen atoms in total. The molecule has 29 heavy (non-hydrogen) atoms. The van der Waals surface area contributed by atoms with E-state index in [1.165, 1.54) is 47.9 Å². The van der Waals surface area contributed by atoms with Crippen LogP contribution in [-0.4, -0.2) is 13.1 Å². The third kappa shape index (κ3) is 12.7. The Balaban J connectivity index is -0.000000422. The second-order valence-electron chi connectivity index (χ2n) is 6.91. The van der Waals surface area contributed by atoms with Crippen molar-refractivity contribution in [2.45, 2.75) is 67.2 Å². The number of unbranched alkanes of at least 4 members (excludes halogenated alkanes) is 2. The zero-order valence-electron chi connectivity index (χ0n) is 18.9. The molecule has 0 fully saturated rings. The maximum atomic E-state index is 4.56. The molecule has 2 aromatic rings. The maximum Gasteiger partial charge on any atom is 4.00 e. The molecule has 0 atom stereocenters. The molecule has 2 rings (SSSR count). The molecule has 0 bridgehead atoms. The smallest absolute Gasteiger partial charge is 1.00 e. The molecule has 0 spiro atoms. The summed E-state index contributed by atoms with van der Waals surface area (Å²) in [5, 5.41) is 9.11. The third-order valence-corrected chi connectivity index (χ3v) is 4.74. The van der Waals surface area contributed by atoms with Crippen LogP contribution in [0, 0.1) is 27.7 Å². The number of aryl methyl sites for hydroxylation is 2. The van der Waals surface area contributed by atoms with Crippen LogP contribution in [0.5, 0.6) is 0 Å². The van der Waals surface area contributed by atoms with Gasteiger partial charge < -0.3 is 35.4 Å². The standard InChI is InChI=1S/2C12H18N.2ClH.Hf/c2*1-4-5-9-13-12-8-6-7-10(2)11(12)3;;;/h2*6-8H,4-5,9H2,1-3H3;2*1H;/q2*-1;;;+4/p-2. The predicted molar refractivity (Wildman–Crippen MR) is 117 cm³/mol. The summed E-state index contributed by atoms with van der Waals surface area (Å²) in [5.74, 6) is 0. The van der Waals surface area contributed by atoms with Crippen LogP contribution < -0.4 is 24.8 Å². The Morgan fingerprint density at radius 2 is 0.966 bits per heavy atom. The fourth-order valence-corrected chi connectivity index (χ4v) is 2.53. The Morgan fingerprint density at radius 3 is 1.28 bits per heavy atom. The van der Waals surface area contributed by atoms with Crippen molar-refractivity contribution in [2.75, 3.05) is 13.1 Å². The Morgan fingerprint density at radius 1 is 0.621 bits per heavy atom. The van der Waals surface area contributed by atoms with Gasteiger partial charge in [-0.05, 0) is 38.8 Å². The summed E-state index contributed by atoms with van der Waals surface area (Å²) in [5.41, 5.74) is 7.62. The zero-order valence-corrected chi connectivity index (χ0v) is 24.0. The van der Waals surface area contributed by atoms with E-state index in [2.05, 4.69) is 88.6 Å². The molecule has 2 aromatic carbocycles. The van der Waals surface area contributed by atoms with Gasteiger partial charge in [0.1, 0.15) is 0 Å². The molecule has 0 radical (unpaired) electrons. The first-order valence-corrected chi connectivity index (χ1v) is 9.98. The van der Waals surface area contributed by atoms with Gasteiger partial charge in [0.05, 0.1) is 0 Å². The van der Waals surface area contributed by atoms with Crippen LogP contribution in [-0.2, 0) is 25.8 Å². The average molecular weight is 602 g/mol. The number of hydrogen-bond donors (Lipinski definition) is 0. The summed E-state index contributed by atoms with van der Waals surface area (Å²) in [6.07, 6.45) is 4.81. The second-order valence-corrected chi connectivity index (χ2v) is 6.91. The number of rotatable bonds is 8. The van der Waals surface area contributed by atoms with Gasteiger partial charge in [-0.2, -0.15) is 0 Å². The van der Waals surface area contributed by atoms with E-state index in [0.29, 0.717) is 0 Å². The van der Waals surface area contributed by atoms with E-state index in [-0.39, 0.29) is 50.7 Å². The quantitative estimate of drug-likeness (QED) is 0.328. The number of benzene rings is 2. The molecule has 5 heteroatoms. The Kier molecular flexibility index (Phi) is 22.2. The molecule has 160 valence electrons. The molecule has 0 heterocycles. The van der Waals surface area contributed by atoms with E-state index in [1.54, 1.807) is 0 Å². The van der Waals surface area contributed by atoms with Gasteiger partial charge in [0.2, 0.25) is 0 Å². The van der Waals surface area contributed by atoms with Gasteiger partial charge in [-0.25, -0.2) is 0 Å². The summed E-state index contributed by atoms with van der Waals surface area (Å²) in [6.45, 7) is 14.8. The normalized spacial score (nSPS) is 9.03. The van der Waals surface area contributed by atoms with E-state index in [4.69, 9.17) is 0 Å². The fraction of sp³-hybridized carbons (Fsp3) is 0.500. The SMILES string of the molecule is CCCC[N-]c1cccc(C)c1C.CCCC[N-]c1cccc(C)c1C.[Cl-].[Cl-].[Hf+4]. The first kappa shape index (κ1) is 33.1. The molecule has 0 aliphatic rings. The minimum absolute atomic E-state index is 0. The largest absolute Gasteiger partial charge is 4.00 e. The Bertz CT molecular complexity index is 606. The van der Waals surface area contributed by atoms with Gasteiger partial charge >= 0.3 is 25.8 Å². The third-order valence-electron chi connectivity index (χ3n) is 4.74. The predicted octanol–water partition coefficient (Wildman–Crippen LogP) is 2.22. The number of nitrogens with zero attached hydrogens (tertiary/aromatic N) is 2. The van der Waals surface area contributed by atoms with Crippen LogP contribution in [0.2, 0.25) is 0 Å². The van der Waals surface area contributed by atoms with Crippen LogP contribution in [0.3, 0.4) is 0 Å². The monoisotopic (exact) mass is 602 g/mol. The molecule has 0 aromatic heterocycles. The summed E-state index contributed by atoms with van der Waals surface area (Å²) in [4.78, 5) is 0. The van der Waals surface area contributed by atoms with Gasteiger partial charge in [-0.3, -0.25) is 0 Å². The van der Waals surface area contributed by atoms with Gasteiger partial charge in [-0.15, -0.1) is 24.5 Å². The van der Waals surface area contributed by atoms with Crippen LogP contribution in [0.25, 0.3) is 10.6 Å². The summed E-state index contributed by atoms with van der Waals surface area (Å²) in [7, 11) is 0. The van der Waals surface area contributed by atoms with Crippen LogP contribution in [0.1, 0.15) is 61.8 Å². The second kappa shape index (κ2) is 19.5. The van der Waals surface area contributed by atoms with Crippen molar-refractivity contribution >= 4 is 11.4 Å². The summed E-state index contributed by atoms with van der Waals surface area (Å²) < 4.78 is 0. The molecule has 0 saturated carbocycles. The van der Waals surface area contributed by atoms with Gasteiger partial charge in [-0.1, -0.05) is 87.1 Å². The summed E-state index contributed by atoms with van der Waals surface area (Å²) in [6, 6.07) is 12.6. The molecule has 0 amide bonds. The van der Waals surface area contributed by atoms with E-state index in [1.807, 2.05) is 0 Å². The van der Waals surface area contributed by atoms with E-state index < -0.39 is 0 Å². The van der Waals surface area contributed by atoms with Gasteiger partial charge in [0.15, 0.2) is 0 Å². The fourth-order valence-electron chi connectivity index (χ4n) is 2.53. The molecule has 0 aliphatic carbocycles. The Labute approximate surface area is 210 Å². The van der Waals surface area contributed by atoms with E-state index >= 15 is 0 Å². The number of hydrogen-bond acceptors (Lipinski definition) is 0. The van der Waals surface area contributed by atoms with Crippen molar-refractivity contribution in [3.8, 4) is 0 Å². The van der Waals surface area contributed by atoms with Gasteiger partial charge in [0, 0.05) is 0 Å². The van der Waals surface area contributed by atoms with Crippen molar-refractivity contribution in [3.05, 3.63) is 69.3 Å². The number of halogens is 2. The summed E-state index contributed by atoms with van der Waals surface area (Å²) >= 11 is 0.